The molecule has 0 spiro atoms. The molecule has 172 valence electrons. The predicted molar refractivity (Wildman–Crippen MR) is 139 cm³/mol. The van der Waals surface area contributed by atoms with Crippen LogP contribution in [0, 0.1) is 0 Å². The van der Waals surface area contributed by atoms with Crippen LogP contribution >= 0.6 is 23.2 Å². The van der Waals surface area contributed by atoms with E-state index >= 15 is 0 Å². The van der Waals surface area contributed by atoms with Crippen LogP contribution in [-0.4, -0.2) is 26.2 Å². The van der Waals surface area contributed by atoms with Crippen molar-refractivity contribution in [3.05, 3.63) is 121 Å². The molecule has 0 N–H and O–H groups in total. The number of pyridine rings is 2. The van der Waals surface area contributed by atoms with Gasteiger partial charge in [-0.25, -0.2) is 0 Å². The number of hydrogen-bond donors (Lipinski definition) is 0. The van der Waals surface area contributed by atoms with Crippen LogP contribution in [0.25, 0.3) is 0 Å². The molecule has 1 aliphatic rings. The Morgan fingerprint density at radius 1 is 0.500 bits per heavy atom. The van der Waals surface area contributed by atoms with Crippen molar-refractivity contribution in [2.45, 2.75) is 11.0 Å². The van der Waals surface area contributed by atoms with Crippen molar-refractivity contribution in [2.75, 3.05) is 36.0 Å². The highest BCUT2D eigenvalue weighted by Crippen LogP contribution is 2.25. The van der Waals surface area contributed by atoms with Crippen molar-refractivity contribution in [2.24, 2.45) is 0 Å². The third-order valence-corrected chi connectivity index (χ3v) is 7.30. The second kappa shape index (κ2) is 10.5. The summed E-state index contributed by atoms with van der Waals surface area (Å²) in [4.78, 5) is 4.88. The smallest absolute Gasteiger partial charge is 0.258 e. The molecule has 2 aromatic carbocycles. The van der Waals surface area contributed by atoms with Crippen LogP contribution in [-0.2, 0) is 0 Å². The molecular weight excluding hydrogens is 463 g/mol. The van der Waals surface area contributed by atoms with Crippen LogP contribution in [0.2, 0.25) is 0 Å². The number of benzene rings is 2. The molecule has 5 rings (SSSR count). The highest BCUT2D eigenvalue weighted by atomic mass is 35.5. The number of halogens is 2. The molecule has 2 aromatic heterocycles. The van der Waals surface area contributed by atoms with Gasteiger partial charge in [0.1, 0.15) is 0 Å². The molecule has 0 bridgehead atoms. The third kappa shape index (κ3) is 5.03. The van der Waals surface area contributed by atoms with Gasteiger partial charge in [-0.2, -0.15) is 9.13 Å². The minimum Gasteiger partial charge on any atom is -0.368 e. The lowest BCUT2D eigenvalue weighted by Gasteiger charge is -2.37. The molecule has 3 heterocycles. The van der Waals surface area contributed by atoms with E-state index in [-0.39, 0.29) is 11.0 Å². The first-order valence-electron chi connectivity index (χ1n) is 11.6. The molecule has 1 aliphatic heterocycles. The van der Waals surface area contributed by atoms with Gasteiger partial charge >= 0.3 is 0 Å². The number of alkyl halides is 2. The fourth-order valence-electron chi connectivity index (χ4n) is 4.38. The summed E-state index contributed by atoms with van der Waals surface area (Å²) in [6.07, 6.45) is 7.96. The monoisotopic (exact) mass is 490 g/mol. The van der Waals surface area contributed by atoms with Crippen molar-refractivity contribution < 1.29 is 9.13 Å². The Morgan fingerprint density at radius 3 is 1.15 bits per heavy atom. The topological polar surface area (TPSA) is 14.2 Å². The standard InChI is InChI=1S/C28H28Cl2N4/c29-27(33-15-3-1-4-16-33)23-7-11-25(12-8-23)31-19-21-32(22-20-31)26-13-9-24(10-14-26)28(30)34-17-5-2-6-18-34/h1-18,27-28H,19-22H2/q+2. The predicted octanol–water partition coefficient (Wildman–Crippen LogP) is 5.16. The lowest BCUT2D eigenvalue weighted by atomic mass is 10.1. The van der Waals surface area contributed by atoms with Gasteiger partial charge in [-0.05, 0) is 71.7 Å². The van der Waals surface area contributed by atoms with E-state index in [2.05, 4.69) is 58.3 Å². The highest BCUT2D eigenvalue weighted by Gasteiger charge is 2.21. The fourth-order valence-corrected chi connectivity index (χ4v) is 4.93. The van der Waals surface area contributed by atoms with Gasteiger partial charge in [0.15, 0.2) is 24.8 Å². The SMILES string of the molecule is ClC(c1ccc(N2CCN(c3ccc(C(Cl)[n+]4ccccc4)cc3)CC2)cc1)[n+]1ccccc1. The van der Waals surface area contributed by atoms with E-state index in [9.17, 15) is 0 Å². The van der Waals surface area contributed by atoms with Crippen molar-refractivity contribution >= 4 is 34.6 Å². The molecule has 6 heteroatoms. The molecule has 34 heavy (non-hydrogen) atoms. The fraction of sp³-hybridized carbons (Fsp3) is 0.214. The quantitative estimate of drug-likeness (QED) is 0.273. The maximum Gasteiger partial charge on any atom is 0.258 e. The molecular formula is C28H28Cl2N4+2. The van der Waals surface area contributed by atoms with Crippen molar-refractivity contribution in [3.63, 3.8) is 0 Å². The Morgan fingerprint density at radius 2 is 0.824 bits per heavy atom. The summed E-state index contributed by atoms with van der Waals surface area (Å²) in [6, 6.07) is 29.2. The largest absolute Gasteiger partial charge is 0.368 e. The molecule has 2 atom stereocenters. The number of aromatic nitrogens is 2. The van der Waals surface area contributed by atoms with Gasteiger partial charge in [0, 0.05) is 72.9 Å². The number of rotatable bonds is 6. The molecule has 4 aromatic rings. The van der Waals surface area contributed by atoms with Gasteiger partial charge in [0.25, 0.3) is 11.0 Å². The van der Waals surface area contributed by atoms with Gasteiger partial charge in [-0.15, -0.1) is 0 Å². The van der Waals surface area contributed by atoms with E-state index in [1.54, 1.807) is 0 Å². The summed E-state index contributed by atoms with van der Waals surface area (Å²) in [5, 5.41) is 0. The second-order valence-electron chi connectivity index (χ2n) is 8.47. The molecule has 4 nitrogen and oxygen atoms in total. The zero-order valence-corrected chi connectivity index (χ0v) is 20.4. The van der Waals surface area contributed by atoms with Gasteiger partial charge in [-0.3, -0.25) is 0 Å². The molecule has 0 aliphatic carbocycles. The Bertz CT molecular complexity index is 1080. The minimum atomic E-state index is -0.206. The molecule has 1 saturated heterocycles. The maximum atomic E-state index is 6.66. The van der Waals surface area contributed by atoms with Crippen LogP contribution in [0.5, 0.6) is 0 Å². The van der Waals surface area contributed by atoms with Gasteiger partial charge in [0.05, 0.1) is 0 Å². The van der Waals surface area contributed by atoms with Gasteiger partial charge in [0.2, 0.25) is 0 Å². The van der Waals surface area contributed by atoms with Gasteiger partial charge in [-0.1, -0.05) is 12.1 Å². The molecule has 0 saturated carbocycles. The van der Waals surface area contributed by atoms with Crippen LogP contribution in [0.1, 0.15) is 22.1 Å². The maximum absolute atomic E-state index is 6.66. The lowest BCUT2D eigenvalue weighted by molar-refractivity contribution is -0.694. The van der Waals surface area contributed by atoms with Crippen LogP contribution in [0.4, 0.5) is 11.4 Å². The first kappa shape index (κ1) is 22.7. The Labute approximate surface area is 211 Å². The van der Waals surface area contributed by atoms with Gasteiger partial charge < -0.3 is 9.80 Å². The van der Waals surface area contributed by atoms with E-state index in [0.29, 0.717) is 0 Å². The first-order chi connectivity index (χ1) is 16.7. The Hall–Kier alpha value is -3.08. The highest BCUT2D eigenvalue weighted by molar-refractivity contribution is 6.19. The summed E-state index contributed by atoms with van der Waals surface area (Å²) < 4.78 is 4.01. The number of piperazine rings is 1. The van der Waals surface area contributed by atoms with Crippen molar-refractivity contribution in [1.82, 2.24) is 0 Å². The summed E-state index contributed by atoms with van der Waals surface area (Å²) in [5.74, 6) is 0. The number of nitrogens with zero attached hydrogens (tertiary/aromatic N) is 4. The number of hydrogen-bond acceptors (Lipinski definition) is 2. The summed E-state index contributed by atoms with van der Waals surface area (Å²) >= 11 is 13.3. The Balaban J connectivity index is 1.19. The third-order valence-electron chi connectivity index (χ3n) is 6.35. The second-order valence-corrected chi connectivity index (χ2v) is 9.30. The van der Waals surface area contributed by atoms with Crippen molar-refractivity contribution in [1.29, 1.82) is 0 Å². The first-order valence-corrected chi connectivity index (χ1v) is 12.5. The molecule has 1 fully saturated rings. The number of anilines is 2. The van der Waals surface area contributed by atoms with Crippen LogP contribution in [0.3, 0.4) is 0 Å². The molecule has 0 amide bonds. The van der Waals surface area contributed by atoms with E-state index in [0.717, 1.165) is 37.3 Å². The zero-order chi connectivity index (χ0) is 23.3. The summed E-state index contributed by atoms with van der Waals surface area (Å²) in [7, 11) is 0. The Kier molecular flexibility index (Phi) is 6.98. The van der Waals surface area contributed by atoms with E-state index in [4.69, 9.17) is 23.2 Å². The van der Waals surface area contributed by atoms with E-state index < -0.39 is 0 Å². The molecule has 0 radical (unpaired) electrons. The lowest BCUT2D eigenvalue weighted by Crippen LogP contribution is -2.46. The normalized spacial score (nSPS) is 15.7. The van der Waals surface area contributed by atoms with E-state index in [1.807, 2.05) is 70.3 Å². The minimum absolute atomic E-state index is 0.206. The molecule has 2 unspecified atom stereocenters. The van der Waals surface area contributed by atoms with Crippen LogP contribution in [0.15, 0.2) is 110 Å². The van der Waals surface area contributed by atoms with E-state index in [1.165, 1.54) is 11.4 Å². The average Bonchev–Trinajstić information content (AvgIpc) is 2.93. The summed E-state index contributed by atoms with van der Waals surface area (Å²) in [6.45, 7) is 3.93. The summed E-state index contributed by atoms with van der Waals surface area (Å²) in [5.41, 5.74) is 4.25. The van der Waals surface area contributed by atoms with Crippen LogP contribution < -0.4 is 18.9 Å². The van der Waals surface area contributed by atoms with Crippen molar-refractivity contribution in [3.8, 4) is 0 Å². The average molecular weight is 491 g/mol. The zero-order valence-electron chi connectivity index (χ0n) is 18.9.